The Morgan fingerprint density at radius 3 is 2.30 bits per heavy atom. The molecule has 1 aliphatic rings. The maximum Gasteiger partial charge on any atom is 0.161 e. The number of ether oxygens (including phenoxy) is 2. The largest absolute Gasteiger partial charge is 0.493 e. The topological polar surface area (TPSA) is 68.1 Å². The Morgan fingerprint density at radius 1 is 0.833 bits per heavy atom. The number of hydrazone groups is 1. The van der Waals surface area contributed by atoms with Crippen LogP contribution in [0.2, 0.25) is 0 Å². The fourth-order valence-electron chi connectivity index (χ4n) is 3.36. The van der Waals surface area contributed by atoms with Crippen molar-refractivity contribution in [1.29, 1.82) is 0 Å². The van der Waals surface area contributed by atoms with Crippen LogP contribution in [0.25, 0.3) is 0 Å². The molecule has 0 saturated carbocycles. The molecule has 3 aromatic rings. The monoisotopic (exact) mass is 400 g/mol. The molecule has 1 aromatic heterocycles. The van der Waals surface area contributed by atoms with E-state index < -0.39 is 0 Å². The predicted molar refractivity (Wildman–Crippen MR) is 119 cm³/mol. The van der Waals surface area contributed by atoms with Gasteiger partial charge in [-0.1, -0.05) is 19.9 Å². The molecular weight excluding hydrogens is 376 g/mol. The maximum atomic E-state index is 5.50. The summed E-state index contributed by atoms with van der Waals surface area (Å²) in [6.07, 6.45) is 3.48. The molecule has 152 valence electrons. The van der Waals surface area contributed by atoms with Gasteiger partial charge in [0.15, 0.2) is 17.3 Å². The molecule has 2 aromatic carbocycles. The molecule has 6 heteroatoms. The van der Waals surface area contributed by atoms with E-state index in [2.05, 4.69) is 42.5 Å². The lowest BCUT2D eigenvalue weighted by Crippen LogP contribution is -2.19. The number of methoxy groups -OCH3 is 2. The molecule has 1 aliphatic heterocycles. The van der Waals surface area contributed by atoms with Crippen LogP contribution >= 0.6 is 0 Å². The van der Waals surface area contributed by atoms with Gasteiger partial charge in [0.1, 0.15) is 5.71 Å². The molecule has 0 saturated heterocycles. The molecule has 0 amide bonds. The average Bonchev–Trinajstić information content (AvgIpc) is 2.98. The van der Waals surface area contributed by atoms with Crippen LogP contribution in [0.5, 0.6) is 11.5 Å². The lowest BCUT2D eigenvalue weighted by atomic mass is 9.94. The Labute approximate surface area is 176 Å². The molecule has 30 heavy (non-hydrogen) atoms. The quantitative estimate of drug-likeness (QED) is 0.677. The molecule has 0 atom stereocenters. The van der Waals surface area contributed by atoms with Crippen LogP contribution in [0.3, 0.4) is 0 Å². The average molecular weight is 400 g/mol. The zero-order valence-electron chi connectivity index (χ0n) is 17.5. The number of pyridine rings is 1. The van der Waals surface area contributed by atoms with Gasteiger partial charge in [-0.2, -0.15) is 5.10 Å². The minimum Gasteiger partial charge on any atom is -0.493 e. The summed E-state index contributed by atoms with van der Waals surface area (Å²) in [6, 6.07) is 15.9. The number of nitrogens with one attached hydrogen (secondary N) is 1. The second-order valence-corrected chi connectivity index (χ2v) is 7.27. The first-order valence-corrected chi connectivity index (χ1v) is 9.80. The zero-order chi connectivity index (χ0) is 21.1. The van der Waals surface area contributed by atoms with Gasteiger partial charge in [-0.05, 0) is 53.9 Å². The summed E-state index contributed by atoms with van der Waals surface area (Å²) < 4.78 is 10.9. The lowest BCUT2D eigenvalue weighted by molar-refractivity contribution is 0.355. The second-order valence-electron chi connectivity index (χ2n) is 7.27. The van der Waals surface area contributed by atoms with Crippen LogP contribution in [-0.2, 0) is 0 Å². The third-order valence-corrected chi connectivity index (χ3v) is 5.06. The summed E-state index contributed by atoms with van der Waals surface area (Å²) in [7, 11) is 3.26. The van der Waals surface area contributed by atoms with Gasteiger partial charge in [0, 0.05) is 29.1 Å². The highest BCUT2D eigenvalue weighted by atomic mass is 16.5. The summed E-state index contributed by atoms with van der Waals surface area (Å²) in [5.74, 6) is 2.39. The predicted octanol–water partition coefficient (Wildman–Crippen LogP) is 4.66. The Hall–Kier alpha value is -3.67. The Balaban J connectivity index is 1.88. The second kappa shape index (κ2) is 8.37. The molecule has 0 aliphatic carbocycles. The molecule has 1 N–H and O–H groups in total. The minimum absolute atomic E-state index is 0.391. The summed E-state index contributed by atoms with van der Waals surface area (Å²) >= 11 is 0. The summed E-state index contributed by atoms with van der Waals surface area (Å²) in [5.41, 5.74) is 8.81. The third-order valence-electron chi connectivity index (χ3n) is 5.06. The minimum atomic E-state index is 0.391. The number of nitrogens with zero attached hydrogens (tertiary/aromatic N) is 3. The van der Waals surface area contributed by atoms with Gasteiger partial charge < -0.3 is 9.47 Å². The number of fused-ring (bicyclic) bond motifs is 1. The Bertz CT molecular complexity index is 1120. The van der Waals surface area contributed by atoms with Crippen LogP contribution in [0.1, 0.15) is 42.0 Å². The third kappa shape index (κ3) is 3.76. The van der Waals surface area contributed by atoms with Crippen molar-refractivity contribution in [3.05, 3.63) is 83.2 Å². The van der Waals surface area contributed by atoms with Gasteiger partial charge in [0.2, 0.25) is 0 Å². The maximum absolute atomic E-state index is 5.50. The lowest BCUT2D eigenvalue weighted by Gasteiger charge is -2.14. The fraction of sp³-hybridized carbons (Fsp3) is 0.208. The Morgan fingerprint density at radius 2 is 1.60 bits per heavy atom. The summed E-state index contributed by atoms with van der Waals surface area (Å²) in [6.45, 7) is 4.35. The molecule has 6 nitrogen and oxygen atoms in total. The highest BCUT2D eigenvalue weighted by Crippen LogP contribution is 2.33. The number of hydrogen-bond acceptors (Lipinski definition) is 6. The Kier molecular flexibility index (Phi) is 5.48. The molecular formula is C24H24N4O2. The molecule has 0 spiro atoms. The fourth-order valence-corrected chi connectivity index (χ4v) is 3.36. The van der Waals surface area contributed by atoms with E-state index >= 15 is 0 Å². The van der Waals surface area contributed by atoms with Crippen molar-refractivity contribution in [3.8, 4) is 11.5 Å². The summed E-state index contributed by atoms with van der Waals surface area (Å²) in [5, 5.41) is 4.74. The number of hydrogen-bond donors (Lipinski definition) is 1. The van der Waals surface area contributed by atoms with Gasteiger partial charge >= 0.3 is 0 Å². The first-order valence-electron chi connectivity index (χ1n) is 9.80. The number of aromatic nitrogens is 1. The van der Waals surface area contributed by atoms with E-state index in [4.69, 9.17) is 19.6 Å². The van der Waals surface area contributed by atoms with Gasteiger partial charge in [-0.25, -0.2) is 4.99 Å². The van der Waals surface area contributed by atoms with E-state index in [0.717, 1.165) is 28.1 Å². The van der Waals surface area contributed by atoms with Gasteiger partial charge in [-0.15, -0.1) is 0 Å². The highest BCUT2D eigenvalue weighted by Gasteiger charge is 2.20. The van der Waals surface area contributed by atoms with Crippen molar-refractivity contribution in [3.63, 3.8) is 0 Å². The van der Waals surface area contributed by atoms with E-state index in [1.165, 1.54) is 5.56 Å². The number of benzene rings is 2. The van der Waals surface area contributed by atoms with Crippen LogP contribution in [0, 0.1) is 0 Å². The van der Waals surface area contributed by atoms with E-state index in [1.807, 2.05) is 30.3 Å². The van der Waals surface area contributed by atoms with Crippen molar-refractivity contribution < 1.29 is 9.47 Å². The first-order chi connectivity index (χ1) is 14.6. The number of aliphatic imine (C=N–C) groups is 1. The van der Waals surface area contributed by atoms with Gasteiger partial charge in [0.05, 0.1) is 19.9 Å². The van der Waals surface area contributed by atoms with E-state index in [1.54, 1.807) is 26.6 Å². The van der Waals surface area contributed by atoms with E-state index in [9.17, 15) is 0 Å². The van der Waals surface area contributed by atoms with Crippen molar-refractivity contribution in [1.82, 2.24) is 10.4 Å². The molecule has 0 radical (unpaired) electrons. The van der Waals surface area contributed by atoms with Crippen molar-refractivity contribution in [2.45, 2.75) is 19.8 Å². The molecule has 0 unspecified atom stereocenters. The van der Waals surface area contributed by atoms with Crippen molar-refractivity contribution >= 4 is 17.2 Å². The normalized spacial score (nSPS) is 13.0. The highest BCUT2D eigenvalue weighted by molar-refractivity contribution is 6.18. The van der Waals surface area contributed by atoms with Crippen LogP contribution < -0.4 is 14.9 Å². The number of rotatable bonds is 5. The smallest absolute Gasteiger partial charge is 0.161 e. The molecule has 0 bridgehead atoms. The van der Waals surface area contributed by atoms with Gasteiger partial charge in [-0.3, -0.25) is 10.4 Å². The first kappa shape index (κ1) is 19.6. The van der Waals surface area contributed by atoms with Gasteiger partial charge in [0.25, 0.3) is 0 Å². The van der Waals surface area contributed by atoms with Crippen molar-refractivity contribution in [2.24, 2.45) is 10.1 Å². The molecule has 0 fully saturated rings. The summed E-state index contributed by atoms with van der Waals surface area (Å²) in [4.78, 5) is 8.96. The number of amidine groups is 1. The molecule has 4 rings (SSSR count). The molecule has 2 heterocycles. The van der Waals surface area contributed by atoms with Crippen LogP contribution in [0.4, 0.5) is 5.69 Å². The zero-order valence-corrected chi connectivity index (χ0v) is 17.5. The van der Waals surface area contributed by atoms with Crippen LogP contribution in [0.15, 0.2) is 71.0 Å². The van der Waals surface area contributed by atoms with E-state index in [0.29, 0.717) is 23.3 Å². The standard InChI is InChI=1S/C24H24N4O2/c1-15(2)17-5-7-20-19(13-17)23(18-6-8-21(29-3)22(14-18)30-4)27-28-24(26-20)16-9-11-25-12-10-16/h5-15H,1-4H3,(H,26,28). The van der Waals surface area contributed by atoms with E-state index in [-0.39, 0.29) is 0 Å². The van der Waals surface area contributed by atoms with Crippen LogP contribution in [-0.4, -0.2) is 30.8 Å². The van der Waals surface area contributed by atoms with Crippen molar-refractivity contribution in [2.75, 3.05) is 14.2 Å². The SMILES string of the molecule is COc1ccc(C2=NNC(c3ccncc3)=Nc3ccc(C(C)C)cc32)cc1OC.